The number of nitrogens with one attached hydrogen (secondary N) is 4. The first-order chi connectivity index (χ1) is 13.6. The van der Waals surface area contributed by atoms with Crippen molar-refractivity contribution in [3.05, 3.63) is 0 Å². The van der Waals surface area contributed by atoms with E-state index in [9.17, 15) is 14.4 Å². The summed E-state index contributed by atoms with van der Waals surface area (Å²) in [4.78, 5) is 37.6. The first-order valence-electron chi connectivity index (χ1n) is 10.9. The Labute approximate surface area is 176 Å². The summed E-state index contributed by atoms with van der Waals surface area (Å²) < 4.78 is 0. The van der Waals surface area contributed by atoms with E-state index in [1.54, 1.807) is 0 Å². The number of rotatable bonds is 16. The number of carbonyl (C=O) groups is 3. The van der Waals surface area contributed by atoms with Crippen LogP contribution in [0.2, 0.25) is 0 Å². The molecule has 3 amide bonds. The van der Waals surface area contributed by atoms with Gasteiger partial charge in [0.15, 0.2) is 0 Å². The molecule has 170 valence electrons. The maximum atomic E-state index is 12.2. The fourth-order valence-corrected chi connectivity index (χ4v) is 2.53. The van der Waals surface area contributed by atoms with Gasteiger partial charge in [-0.1, -0.05) is 41.5 Å². The molecule has 0 spiro atoms. The zero-order valence-corrected chi connectivity index (χ0v) is 19.3. The summed E-state index contributed by atoms with van der Waals surface area (Å²) in [5, 5.41) is 12.0. The van der Waals surface area contributed by atoms with Gasteiger partial charge in [0.2, 0.25) is 17.7 Å². The highest BCUT2D eigenvalue weighted by Crippen LogP contribution is 1.97. The van der Waals surface area contributed by atoms with Gasteiger partial charge >= 0.3 is 0 Å². The van der Waals surface area contributed by atoms with E-state index in [1.807, 2.05) is 27.7 Å². The van der Waals surface area contributed by atoms with Crippen molar-refractivity contribution in [1.82, 2.24) is 26.2 Å². The number of amides is 3. The standard InChI is InChI=1S/C21H43N5O3/c1-16(2)20(28)24-9-7-13-26(14-8-10-25-21(29)17(3)4)15-19(27)23-12-11-22-18(5)6/h16-18,22H,7-15H2,1-6H3,(H,23,27)(H,24,28)(H,25,29). The normalized spacial score (nSPS) is 11.4. The van der Waals surface area contributed by atoms with Crippen LogP contribution in [0.15, 0.2) is 0 Å². The van der Waals surface area contributed by atoms with Crippen LogP contribution in [0.25, 0.3) is 0 Å². The second-order valence-corrected chi connectivity index (χ2v) is 8.33. The predicted molar refractivity (Wildman–Crippen MR) is 118 cm³/mol. The van der Waals surface area contributed by atoms with E-state index in [0.717, 1.165) is 19.4 Å². The van der Waals surface area contributed by atoms with Crippen LogP contribution >= 0.6 is 0 Å². The topological polar surface area (TPSA) is 103 Å². The predicted octanol–water partition coefficient (Wildman–Crippen LogP) is 0.727. The van der Waals surface area contributed by atoms with Crippen molar-refractivity contribution in [2.75, 3.05) is 45.8 Å². The lowest BCUT2D eigenvalue weighted by molar-refractivity contribution is -0.124. The van der Waals surface area contributed by atoms with Gasteiger partial charge in [-0.05, 0) is 12.8 Å². The van der Waals surface area contributed by atoms with Crippen molar-refractivity contribution in [1.29, 1.82) is 0 Å². The Morgan fingerprint density at radius 2 is 1.17 bits per heavy atom. The maximum Gasteiger partial charge on any atom is 0.234 e. The van der Waals surface area contributed by atoms with Crippen LogP contribution in [-0.4, -0.2) is 74.5 Å². The zero-order chi connectivity index (χ0) is 22.2. The van der Waals surface area contributed by atoms with Crippen LogP contribution in [-0.2, 0) is 14.4 Å². The summed E-state index contributed by atoms with van der Waals surface area (Å²) >= 11 is 0. The first-order valence-corrected chi connectivity index (χ1v) is 10.9. The summed E-state index contributed by atoms with van der Waals surface area (Å²) in [6, 6.07) is 0.394. The van der Waals surface area contributed by atoms with Crippen molar-refractivity contribution >= 4 is 17.7 Å². The smallest absolute Gasteiger partial charge is 0.234 e. The second kappa shape index (κ2) is 16.2. The lowest BCUT2D eigenvalue weighted by atomic mass is 10.2. The molecule has 0 bridgehead atoms. The highest BCUT2D eigenvalue weighted by atomic mass is 16.2. The minimum absolute atomic E-state index is 0.00649. The number of carbonyl (C=O) groups excluding carboxylic acids is 3. The Kier molecular flexibility index (Phi) is 15.2. The lowest BCUT2D eigenvalue weighted by Crippen LogP contribution is -2.42. The largest absolute Gasteiger partial charge is 0.356 e. The van der Waals surface area contributed by atoms with Crippen LogP contribution < -0.4 is 21.3 Å². The van der Waals surface area contributed by atoms with Crippen molar-refractivity contribution in [3.8, 4) is 0 Å². The molecule has 0 aromatic heterocycles. The van der Waals surface area contributed by atoms with Crippen molar-refractivity contribution in [2.24, 2.45) is 11.8 Å². The fraction of sp³-hybridized carbons (Fsp3) is 0.857. The average molecular weight is 414 g/mol. The SMILES string of the molecule is CC(C)NCCNC(=O)CN(CCCNC(=O)C(C)C)CCCNC(=O)C(C)C. The molecule has 0 atom stereocenters. The van der Waals surface area contributed by atoms with Gasteiger partial charge in [-0.2, -0.15) is 0 Å². The summed E-state index contributed by atoms with van der Waals surface area (Å²) in [5.41, 5.74) is 0. The Bertz CT molecular complexity index is 453. The summed E-state index contributed by atoms with van der Waals surface area (Å²) in [6.45, 7) is 15.9. The number of hydrogen-bond acceptors (Lipinski definition) is 5. The molecule has 0 radical (unpaired) electrons. The zero-order valence-electron chi connectivity index (χ0n) is 19.3. The highest BCUT2D eigenvalue weighted by molar-refractivity contribution is 5.78. The van der Waals surface area contributed by atoms with E-state index in [4.69, 9.17) is 0 Å². The first kappa shape index (κ1) is 27.3. The molecule has 8 nitrogen and oxygen atoms in total. The van der Waals surface area contributed by atoms with Gasteiger partial charge in [0.25, 0.3) is 0 Å². The van der Waals surface area contributed by atoms with Crippen LogP contribution in [0.5, 0.6) is 0 Å². The summed E-state index contributed by atoms with van der Waals surface area (Å²) in [7, 11) is 0. The Morgan fingerprint density at radius 3 is 1.59 bits per heavy atom. The maximum absolute atomic E-state index is 12.2. The minimum atomic E-state index is -0.0269. The van der Waals surface area contributed by atoms with E-state index in [1.165, 1.54) is 0 Å². The number of nitrogens with zero attached hydrogens (tertiary/aromatic N) is 1. The third-order valence-corrected chi connectivity index (χ3v) is 4.32. The van der Waals surface area contributed by atoms with Crippen LogP contribution in [0.4, 0.5) is 0 Å². The van der Waals surface area contributed by atoms with E-state index in [-0.39, 0.29) is 29.6 Å². The van der Waals surface area contributed by atoms with E-state index < -0.39 is 0 Å². The lowest BCUT2D eigenvalue weighted by Gasteiger charge is -2.22. The molecule has 8 heteroatoms. The molecular weight excluding hydrogens is 370 g/mol. The molecule has 0 saturated heterocycles. The third-order valence-electron chi connectivity index (χ3n) is 4.32. The quantitative estimate of drug-likeness (QED) is 0.279. The molecule has 0 aliphatic rings. The Hall–Kier alpha value is -1.67. The molecule has 29 heavy (non-hydrogen) atoms. The molecule has 0 aromatic rings. The summed E-state index contributed by atoms with van der Waals surface area (Å²) in [6.07, 6.45) is 1.55. The van der Waals surface area contributed by atoms with Gasteiger partial charge in [0.1, 0.15) is 0 Å². The summed E-state index contributed by atoms with van der Waals surface area (Å²) in [5.74, 6) is 0.0291. The van der Waals surface area contributed by atoms with Crippen LogP contribution in [0.1, 0.15) is 54.4 Å². The Balaban J connectivity index is 4.33. The Morgan fingerprint density at radius 1 is 0.690 bits per heavy atom. The van der Waals surface area contributed by atoms with Crippen molar-refractivity contribution in [2.45, 2.75) is 60.4 Å². The molecule has 0 unspecified atom stereocenters. The average Bonchev–Trinajstić information content (AvgIpc) is 2.64. The molecular formula is C21H43N5O3. The number of hydrogen-bond donors (Lipinski definition) is 4. The van der Waals surface area contributed by atoms with Gasteiger partial charge < -0.3 is 21.3 Å². The third kappa shape index (κ3) is 15.9. The second-order valence-electron chi connectivity index (χ2n) is 8.33. The molecule has 4 N–H and O–H groups in total. The molecule has 0 aliphatic carbocycles. The molecule has 0 aromatic carbocycles. The van der Waals surface area contributed by atoms with Gasteiger partial charge in [-0.25, -0.2) is 0 Å². The molecule has 0 fully saturated rings. The molecule has 0 rings (SSSR count). The monoisotopic (exact) mass is 413 g/mol. The van der Waals surface area contributed by atoms with E-state index >= 15 is 0 Å². The minimum Gasteiger partial charge on any atom is -0.356 e. The highest BCUT2D eigenvalue weighted by Gasteiger charge is 2.12. The van der Waals surface area contributed by atoms with Gasteiger partial charge in [-0.3, -0.25) is 19.3 Å². The molecule has 0 saturated carbocycles. The van der Waals surface area contributed by atoms with Crippen molar-refractivity contribution < 1.29 is 14.4 Å². The van der Waals surface area contributed by atoms with Crippen molar-refractivity contribution in [3.63, 3.8) is 0 Å². The molecule has 0 heterocycles. The molecule has 0 aliphatic heterocycles. The van der Waals surface area contributed by atoms with Gasteiger partial charge in [-0.15, -0.1) is 0 Å². The van der Waals surface area contributed by atoms with Gasteiger partial charge in [0.05, 0.1) is 6.54 Å². The van der Waals surface area contributed by atoms with Crippen LogP contribution in [0.3, 0.4) is 0 Å². The van der Waals surface area contributed by atoms with Gasteiger partial charge in [0, 0.05) is 57.1 Å². The van der Waals surface area contributed by atoms with E-state index in [0.29, 0.717) is 45.3 Å². The van der Waals surface area contributed by atoms with Crippen LogP contribution in [0, 0.1) is 11.8 Å². The fourth-order valence-electron chi connectivity index (χ4n) is 2.53. The van der Waals surface area contributed by atoms with E-state index in [2.05, 4.69) is 40.0 Å².